The van der Waals surface area contributed by atoms with Gasteiger partial charge in [-0.3, -0.25) is 4.79 Å². The van der Waals surface area contributed by atoms with Gasteiger partial charge in [-0.05, 0) is 73.8 Å². The maximum Gasteiger partial charge on any atom is 0.265 e. The number of hydrogen-bond acceptors (Lipinski definition) is 5. The van der Waals surface area contributed by atoms with Crippen molar-refractivity contribution in [2.75, 3.05) is 23.4 Å². The van der Waals surface area contributed by atoms with E-state index in [9.17, 15) is 13.6 Å². The first-order valence-corrected chi connectivity index (χ1v) is 10.9. The topological polar surface area (TPSA) is 66.5 Å². The quantitative estimate of drug-likeness (QED) is 0.611. The van der Waals surface area contributed by atoms with Crippen molar-refractivity contribution in [3.8, 4) is 16.9 Å². The number of hydrogen-bond donors (Lipinski definition) is 2. The Balaban J connectivity index is 1.51. The second kappa shape index (κ2) is 8.44. The molecule has 0 aliphatic carbocycles. The third-order valence-electron chi connectivity index (χ3n) is 5.94. The van der Waals surface area contributed by atoms with E-state index in [0.29, 0.717) is 17.1 Å². The van der Waals surface area contributed by atoms with Crippen LogP contribution >= 0.6 is 0 Å². The van der Waals surface area contributed by atoms with Gasteiger partial charge < -0.3 is 20.3 Å². The van der Waals surface area contributed by atoms with Crippen LogP contribution in [0.4, 0.5) is 26.0 Å². The summed E-state index contributed by atoms with van der Waals surface area (Å²) in [5.41, 5.74) is 4.15. The average Bonchev–Trinajstić information content (AvgIpc) is 2.79. The average molecular weight is 450 g/mol. The van der Waals surface area contributed by atoms with Gasteiger partial charge in [-0.1, -0.05) is 6.07 Å². The molecule has 5 rings (SSSR count). The van der Waals surface area contributed by atoms with Crippen LogP contribution < -0.4 is 20.3 Å². The highest BCUT2D eigenvalue weighted by Gasteiger charge is 2.31. The van der Waals surface area contributed by atoms with E-state index >= 15 is 0 Å². The molecule has 3 heterocycles. The van der Waals surface area contributed by atoms with Crippen LogP contribution in [0.25, 0.3) is 11.1 Å². The van der Waals surface area contributed by atoms with Crippen LogP contribution in [0.2, 0.25) is 0 Å². The number of nitrogens with one attached hydrogen (secondary N) is 2. The van der Waals surface area contributed by atoms with Crippen LogP contribution in [0.1, 0.15) is 25.0 Å². The van der Waals surface area contributed by atoms with E-state index < -0.39 is 11.6 Å². The summed E-state index contributed by atoms with van der Waals surface area (Å²) in [5, 5.41) is 6.56. The molecule has 0 spiro atoms. The summed E-state index contributed by atoms with van der Waals surface area (Å²) < 4.78 is 35.0. The Morgan fingerprint density at radius 1 is 1.12 bits per heavy atom. The fraction of sp³-hybridized carbons (Fsp3) is 0.280. The number of carbonyl (C=O) groups excluding carboxylic acids is 1. The first-order valence-electron chi connectivity index (χ1n) is 10.9. The van der Waals surface area contributed by atoms with Gasteiger partial charge in [0.05, 0.1) is 11.9 Å². The zero-order chi connectivity index (χ0) is 23.1. The van der Waals surface area contributed by atoms with Gasteiger partial charge in [-0.2, -0.15) is 0 Å². The second-order valence-corrected chi connectivity index (χ2v) is 8.54. The normalized spacial score (nSPS) is 15.2. The molecular formula is C25H24F2N4O2. The van der Waals surface area contributed by atoms with Crippen molar-refractivity contribution in [2.45, 2.75) is 32.9 Å². The van der Waals surface area contributed by atoms with Crippen LogP contribution in [0.15, 0.2) is 42.6 Å². The van der Waals surface area contributed by atoms with E-state index in [4.69, 9.17) is 4.74 Å². The minimum absolute atomic E-state index is 0.00316. The molecule has 33 heavy (non-hydrogen) atoms. The monoisotopic (exact) mass is 450 g/mol. The number of ether oxygens (including phenoxy) is 1. The lowest BCUT2D eigenvalue weighted by Crippen LogP contribution is -2.43. The highest BCUT2D eigenvalue weighted by Crippen LogP contribution is 2.40. The molecule has 0 radical (unpaired) electrons. The van der Waals surface area contributed by atoms with E-state index in [2.05, 4.69) is 27.8 Å². The summed E-state index contributed by atoms with van der Waals surface area (Å²) in [6.45, 7) is 5.22. The SMILES string of the molecule is CC(C)N1C(=O)COc2c(F)cc(-c3cc(Nc4ccc5c(c4)CCNC5)ncc3F)cc21. The van der Waals surface area contributed by atoms with Crippen molar-refractivity contribution in [2.24, 2.45) is 0 Å². The molecule has 0 saturated carbocycles. The first kappa shape index (κ1) is 21.3. The molecule has 8 heteroatoms. The van der Waals surface area contributed by atoms with Gasteiger partial charge in [0, 0.05) is 23.8 Å². The highest BCUT2D eigenvalue weighted by atomic mass is 19.1. The van der Waals surface area contributed by atoms with Crippen molar-refractivity contribution >= 4 is 23.1 Å². The Hall–Kier alpha value is -3.52. The predicted octanol–water partition coefficient (Wildman–Crippen LogP) is 4.55. The number of anilines is 3. The van der Waals surface area contributed by atoms with Gasteiger partial charge >= 0.3 is 0 Å². The molecule has 0 unspecified atom stereocenters. The third-order valence-corrected chi connectivity index (χ3v) is 5.94. The third kappa shape index (κ3) is 4.02. The van der Waals surface area contributed by atoms with Crippen molar-refractivity contribution in [1.29, 1.82) is 0 Å². The standard InChI is InChI=1S/C25H24F2N4O2/c1-14(2)31-22-9-17(8-20(26)25(22)33-13-24(31)32)19-10-23(29-12-21(19)27)30-18-4-3-16-11-28-6-5-15(16)7-18/h3-4,7-10,12,14,28H,5-6,11,13H2,1-2H3,(H,29,30). The zero-order valence-corrected chi connectivity index (χ0v) is 18.4. The number of aromatic nitrogens is 1. The summed E-state index contributed by atoms with van der Waals surface area (Å²) in [6.07, 6.45) is 2.05. The lowest BCUT2D eigenvalue weighted by atomic mass is 10.0. The Bertz CT molecular complexity index is 1250. The molecule has 2 aliphatic rings. The number of carbonyl (C=O) groups is 1. The van der Waals surface area contributed by atoms with Gasteiger partial charge in [0.2, 0.25) is 0 Å². The molecular weight excluding hydrogens is 426 g/mol. The molecule has 0 saturated heterocycles. The number of nitrogens with zero attached hydrogens (tertiary/aromatic N) is 2. The maximum atomic E-state index is 14.9. The number of pyridine rings is 1. The predicted molar refractivity (Wildman–Crippen MR) is 123 cm³/mol. The van der Waals surface area contributed by atoms with Gasteiger partial charge in [-0.25, -0.2) is 13.8 Å². The van der Waals surface area contributed by atoms with Crippen molar-refractivity contribution in [3.05, 3.63) is 65.4 Å². The summed E-state index contributed by atoms with van der Waals surface area (Å²) in [5.74, 6) is -1.06. The van der Waals surface area contributed by atoms with Crippen LogP contribution in [0.3, 0.4) is 0 Å². The molecule has 0 bridgehead atoms. The molecule has 0 atom stereocenters. The maximum absolute atomic E-state index is 14.9. The van der Waals surface area contributed by atoms with Crippen molar-refractivity contribution in [1.82, 2.24) is 10.3 Å². The smallest absolute Gasteiger partial charge is 0.265 e. The molecule has 2 N–H and O–H groups in total. The molecule has 2 aromatic carbocycles. The highest BCUT2D eigenvalue weighted by molar-refractivity contribution is 5.99. The second-order valence-electron chi connectivity index (χ2n) is 8.54. The Labute approximate surface area is 190 Å². The summed E-state index contributed by atoms with van der Waals surface area (Å²) in [4.78, 5) is 18.0. The van der Waals surface area contributed by atoms with E-state index in [1.54, 1.807) is 12.1 Å². The molecule has 6 nitrogen and oxygen atoms in total. The van der Waals surface area contributed by atoms with Crippen LogP contribution in [0, 0.1) is 11.6 Å². The van der Waals surface area contributed by atoms with E-state index in [0.717, 1.165) is 31.4 Å². The molecule has 0 fully saturated rings. The van der Waals surface area contributed by atoms with Crippen LogP contribution in [-0.2, 0) is 17.8 Å². The Kier molecular flexibility index (Phi) is 5.46. The number of halogens is 2. The summed E-state index contributed by atoms with van der Waals surface area (Å²) >= 11 is 0. The Morgan fingerprint density at radius 3 is 2.79 bits per heavy atom. The minimum atomic E-state index is -0.644. The molecule has 3 aromatic rings. The van der Waals surface area contributed by atoms with Crippen molar-refractivity contribution in [3.63, 3.8) is 0 Å². The number of rotatable bonds is 4. The Morgan fingerprint density at radius 2 is 1.97 bits per heavy atom. The minimum Gasteiger partial charge on any atom is -0.478 e. The fourth-order valence-electron chi connectivity index (χ4n) is 4.39. The lowest BCUT2D eigenvalue weighted by molar-refractivity contribution is -0.121. The van der Waals surface area contributed by atoms with Gasteiger partial charge in [0.15, 0.2) is 18.2 Å². The van der Waals surface area contributed by atoms with E-state index in [1.807, 2.05) is 19.9 Å². The van der Waals surface area contributed by atoms with Crippen LogP contribution in [0.5, 0.6) is 5.75 Å². The molecule has 170 valence electrons. The van der Waals surface area contributed by atoms with Crippen LogP contribution in [-0.4, -0.2) is 30.1 Å². The van der Waals surface area contributed by atoms with Gasteiger partial charge in [-0.15, -0.1) is 0 Å². The fourth-order valence-corrected chi connectivity index (χ4v) is 4.39. The summed E-state index contributed by atoms with van der Waals surface area (Å²) in [7, 11) is 0. The molecule has 1 amide bonds. The molecule has 2 aliphatic heterocycles. The molecule has 1 aromatic heterocycles. The zero-order valence-electron chi connectivity index (χ0n) is 18.4. The number of fused-ring (bicyclic) bond motifs is 2. The van der Waals surface area contributed by atoms with E-state index in [-0.39, 0.29) is 29.9 Å². The van der Waals surface area contributed by atoms with Gasteiger partial charge in [0.1, 0.15) is 11.6 Å². The van der Waals surface area contributed by atoms with Crippen molar-refractivity contribution < 1.29 is 18.3 Å². The summed E-state index contributed by atoms with van der Waals surface area (Å²) in [6, 6.07) is 10.2. The number of amides is 1. The number of benzene rings is 2. The van der Waals surface area contributed by atoms with Gasteiger partial charge in [0.25, 0.3) is 5.91 Å². The first-order chi connectivity index (χ1) is 15.9. The van der Waals surface area contributed by atoms with E-state index in [1.165, 1.54) is 22.1 Å². The lowest BCUT2D eigenvalue weighted by Gasteiger charge is -2.33. The largest absolute Gasteiger partial charge is 0.478 e.